The van der Waals surface area contributed by atoms with Crippen LogP contribution in [0, 0.1) is 0 Å². The molecule has 1 aromatic carbocycles. The van der Waals surface area contributed by atoms with Gasteiger partial charge in [-0.1, -0.05) is 19.1 Å². The molecule has 4 heteroatoms. The van der Waals surface area contributed by atoms with Crippen LogP contribution >= 0.6 is 0 Å². The van der Waals surface area contributed by atoms with Gasteiger partial charge in [0.05, 0.1) is 11.0 Å². The number of Topliss-reactive ketones (excluding diaryl/α,β-unsaturated/α-hetero) is 1. The van der Waals surface area contributed by atoms with Gasteiger partial charge in [-0.15, -0.1) is 0 Å². The Kier molecular flexibility index (Phi) is 3.65. The third-order valence-electron chi connectivity index (χ3n) is 3.06. The van der Waals surface area contributed by atoms with E-state index < -0.39 is 0 Å². The van der Waals surface area contributed by atoms with Crippen molar-refractivity contribution in [1.82, 2.24) is 9.13 Å². The Balaban J connectivity index is 2.54. The molecule has 0 atom stereocenters. The molecule has 2 aromatic rings. The third-order valence-corrected chi connectivity index (χ3v) is 3.06. The van der Waals surface area contributed by atoms with Crippen LogP contribution in [0.15, 0.2) is 29.1 Å². The molecular weight excluding hydrogens is 228 g/mol. The summed E-state index contributed by atoms with van der Waals surface area (Å²) >= 11 is 0. The van der Waals surface area contributed by atoms with Gasteiger partial charge in [0.15, 0.2) is 0 Å². The topological polar surface area (TPSA) is 44.0 Å². The zero-order chi connectivity index (χ0) is 13.1. The summed E-state index contributed by atoms with van der Waals surface area (Å²) in [5, 5.41) is 0. The molecule has 0 aliphatic rings. The van der Waals surface area contributed by atoms with Crippen LogP contribution in [0.4, 0.5) is 0 Å². The summed E-state index contributed by atoms with van der Waals surface area (Å²) in [6.45, 7) is 4.78. The van der Waals surface area contributed by atoms with Crippen LogP contribution < -0.4 is 5.69 Å². The molecule has 0 bridgehead atoms. The molecule has 4 nitrogen and oxygen atoms in total. The molecule has 96 valence electrons. The number of aromatic nitrogens is 2. The standard InChI is InChI=1S/C14H18N2O2/c1-3-9-15-12-6-4-5-7-13(12)16(14(15)18)10-8-11(2)17/h4-7H,3,8-10H2,1-2H3. The van der Waals surface area contributed by atoms with Gasteiger partial charge in [-0.05, 0) is 25.5 Å². The van der Waals surface area contributed by atoms with Crippen molar-refractivity contribution in [3.63, 3.8) is 0 Å². The third kappa shape index (κ3) is 2.23. The average molecular weight is 246 g/mol. The van der Waals surface area contributed by atoms with Gasteiger partial charge >= 0.3 is 5.69 Å². The van der Waals surface area contributed by atoms with E-state index in [4.69, 9.17) is 0 Å². The largest absolute Gasteiger partial charge is 0.329 e. The van der Waals surface area contributed by atoms with Crippen molar-refractivity contribution in [2.45, 2.75) is 39.8 Å². The molecule has 0 spiro atoms. The number of aryl methyl sites for hydroxylation is 2. The fourth-order valence-corrected chi connectivity index (χ4v) is 2.20. The molecule has 0 aliphatic carbocycles. The van der Waals surface area contributed by atoms with Gasteiger partial charge in [-0.3, -0.25) is 13.9 Å². The average Bonchev–Trinajstić information content (AvgIpc) is 2.61. The first-order valence-electron chi connectivity index (χ1n) is 6.32. The minimum absolute atomic E-state index is 0.0145. The maximum absolute atomic E-state index is 12.3. The van der Waals surface area contributed by atoms with Gasteiger partial charge in [0.25, 0.3) is 0 Å². The van der Waals surface area contributed by atoms with E-state index in [-0.39, 0.29) is 11.5 Å². The number of rotatable bonds is 5. The molecule has 2 rings (SSSR count). The van der Waals surface area contributed by atoms with Crippen molar-refractivity contribution >= 4 is 16.8 Å². The predicted molar refractivity (Wildman–Crippen MR) is 71.8 cm³/mol. The van der Waals surface area contributed by atoms with Crippen LogP contribution in [0.1, 0.15) is 26.7 Å². The number of benzene rings is 1. The lowest BCUT2D eigenvalue weighted by Crippen LogP contribution is -2.25. The molecule has 0 amide bonds. The number of hydrogen-bond donors (Lipinski definition) is 0. The molecule has 1 aromatic heterocycles. The maximum Gasteiger partial charge on any atom is 0.329 e. The number of nitrogens with zero attached hydrogens (tertiary/aromatic N) is 2. The molecule has 0 saturated carbocycles. The minimum atomic E-state index is -0.0145. The Labute approximate surface area is 106 Å². The van der Waals surface area contributed by atoms with E-state index in [9.17, 15) is 9.59 Å². The quantitative estimate of drug-likeness (QED) is 0.811. The van der Waals surface area contributed by atoms with Crippen LogP contribution in [0.25, 0.3) is 11.0 Å². The lowest BCUT2D eigenvalue weighted by molar-refractivity contribution is -0.117. The zero-order valence-corrected chi connectivity index (χ0v) is 10.8. The van der Waals surface area contributed by atoms with Crippen LogP contribution in [0.5, 0.6) is 0 Å². The van der Waals surface area contributed by atoms with E-state index in [0.29, 0.717) is 19.5 Å². The summed E-state index contributed by atoms with van der Waals surface area (Å²) in [5.41, 5.74) is 1.85. The Morgan fingerprint density at radius 1 is 1.11 bits per heavy atom. The maximum atomic E-state index is 12.3. The van der Waals surface area contributed by atoms with Crippen molar-refractivity contribution in [3.8, 4) is 0 Å². The molecule has 0 saturated heterocycles. The molecular formula is C14H18N2O2. The highest BCUT2D eigenvalue weighted by molar-refractivity contribution is 5.77. The number of carbonyl (C=O) groups is 1. The molecule has 0 radical (unpaired) electrons. The van der Waals surface area contributed by atoms with Gasteiger partial charge in [-0.2, -0.15) is 0 Å². The fourth-order valence-electron chi connectivity index (χ4n) is 2.20. The molecule has 0 N–H and O–H groups in total. The molecule has 1 heterocycles. The monoisotopic (exact) mass is 246 g/mol. The fraction of sp³-hybridized carbons (Fsp3) is 0.429. The number of carbonyl (C=O) groups excluding carboxylic acids is 1. The number of imidazole rings is 1. The van der Waals surface area contributed by atoms with Gasteiger partial charge < -0.3 is 0 Å². The van der Waals surface area contributed by atoms with Gasteiger partial charge in [0.1, 0.15) is 5.78 Å². The Hall–Kier alpha value is -1.84. The second-order valence-corrected chi connectivity index (χ2v) is 4.53. The first-order chi connectivity index (χ1) is 8.65. The van der Waals surface area contributed by atoms with Crippen LogP contribution in [-0.4, -0.2) is 14.9 Å². The lowest BCUT2D eigenvalue weighted by Gasteiger charge is -2.00. The minimum Gasteiger partial charge on any atom is -0.300 e. The summed E-state index contributed by atoms with van der Waals surface area (Å²) < 4.78 is 3.49. The van der Waals surface area contributed by atoms with Gasteiger partial charge in [-0.25, -0.2) is 4.79 Å². The predicted octanol–water partition coefficient (Wildman–Crippen LogP) is 2.19. The Bertz CT molecular complexity index is 622. The van der Waals surface area contributed by atoms with Crippen LogP contribution in [-0.2, 0) is 17.9 Å². The Morgan fingerprint density at radius 2 is 1.67 bits per heavy atom. The highest BCUT2D eigenvalue weighted by Gasteiger charge is 2.11. The zero-order valence-electron chi connectivity index (χ0n) is 10.8. The summed E-state index contributed by atoms with van der Waals surface area (Å²) in [6.07, 6.45) is 1.32. The second kappa shape index (κ2) is 5.21. The highest BCUT2D eigenvalue weighted by Crippen LogP contribution is 2.13. The summed E-state index contributed by atoms with van der Waals surface area (Å²) in [7, 11) is 0. The molecule has 0 aliphatic heterocycles. The highest BCUT2D eigenvalue weighted by atomic mass is 16.2. The van der Waals surface area contributed by atoms with Crippen LogP contribution in [0.2, 0.25) is 0 Å². The van der Waals surface area contributed by atoms with E-state index in [1.165, 1.54) is 0 Å². The SMILES string of the molecule is CCCn1c(=O)n(CCC(C)=O)c2ccccc21. The van der Waals surface area contributed by atoms with Gasteiger partial charge in [0.2, 0.25) is 0 Å². The van der Waals surface area contributed by atoms with E-state index in [2.05, 4.69) is 0 Å². The van der Waals surface area contributed by atoms with Crippen molar-refractivity contribution in [2.75, 3.05) is 0 Å². The molecule has 0 unspecified atom stereocenters. The first kappa shape index (κ1) is 12.6. The van der Waals surface area contributed by atoms with Crippen molar-refractivity contribution < 1.29 is 4.79 Å². The number of para-hydroxylation sites is 2. The smallest absolute Gasteiger partial charge is 0.300 e. The van der Waals surface area contributed by atoms with Crippen molar-refractivity contribution in [2.24, 2.45) is 0 Å². The summed E-state index contributed by atoms with van der Waals surface area (Å²) in [5.74, 6) is 0.106. The van der Waals surface area contributed by atoms with Crippen molar-refractivity contribution in [3.05, 3.63) is 34.7 Å². The summed E-state index contributed by atoms with van der Waals surface area (Å²) in [6, 6.07) is 7.74. The van der Waals surface area contributed by atoms with E-state index in [0.717, 1.165) is 17.5 Å². The normalized spacial score (nSPS) is 11.0. The van der Waals surface area contributed by atoms with E-state index >= 15 is 0 Å². The first-order valence-corrected chi connectivity index (χ1v) is 6.32. The lowest BCUT2D eigenvalue weighted by atomic mass is 10.3. The summed E-state index contributed by atoms with van der Waals surface area (Å²) in [4.78, 5) is 23.4. The van der Waals surface area contributed by atoms with E-state index in [1.54, 1.807) is 16.1 Å². The van der Waals surface area contributed by atoms with E-state index in [1.807, 2.05) is 31.2 Å². The Morgan fingerprint density at radius 3 is 2.17 bits per heavy atom. The second-order valence-electron chi connectivity index (χ2n) is 4.53. The number of fused-ring (bicyclic) bond motifs is 1. The molecule has 18 heavy (non-hydrogen) atoms. The van der Waals surface area contributed by atoms with Gasteiger partial charge in [0, 0.05) is 19.5 Å². The van der Waals surface area contributed by atoms with Crippen LogP contribution in [0.3, 0.4) is 0 Å². The van der Waals surface area contributed by atoms with Crippen molar-refractivity contribution in [1.29, 1.82) is 0 Å². The molecule has 0 fully saturated rings. The number of hydrogen-bond acceptors (Lipinski definition) is 2. The number of ketones is 1.